The van der Waals surface area contributed by atoms with E-state index in [0.717, 1.165) is 10.1 Å². The number of hydrogen-bond acceptors (Lipinski definition) is 5. The maximum Gasteiger partial charge on any atom is 0.331 e. The van der Waals surface area contributed by atoms with Crippen LogP contribution in [0.3, 0.4) is 0 Å². The molecule has 0 fully saturated rings. The second kappa shape index (κ2) is 6.79. The molecular weight excluding hydrogens is 344 g/mol. The van der Waals surface area contributed by atoms with Crippen molar-refractivity contribution in [3.63, 3.8) is 0 Å². The van der Waals surface area contributed by atoms with E-state index in [2.05, 4.69) is 5.16 Å². The molecular formula is C17H13ClN4O3. The average Bonchev–Trinajstić information content (AvgIpc) is 3.08. The number of halogens is 1. The van der Waals surface area contributed by atoms with E-state index >= 15 is 0 Å². The van der Waals surface area contributed by atoms with Gasteiger partial charge in [-0.25, -0.2) is 4.79 Å². The normalized spacial score (nSPS) is 10.6. The van der Waals surface area contributed by atoms with Gasteiger partial charge < -0.3 is 4.52 Å². The molecule has 126 valence electrons. The molecule has 0 aliphatic heterocycles. The number of nitriles is 1. The lowest BCUT2D eigenvalue weighted by molar-refractivity contribution is 0.372. The molecule has 0 spiro atoms. The Balaban J connectivity index is 1.99. The van der Waals surface area contributed by atoms with Gasteiger partial charge >= 0.3 is 5.69 Å². The third-order valence-electron chi connectivity index (χ3n) is 3.71. The molecule has 8 heteroatoms. The van der Waals surface area contributed by atoms with Crippen LogP contribution in [0.2, 0.25) is 5.02 Å². The first-order valence-electron chi connectivity index (χ1n) is 7.49. The molecule has 0 N–H and O–H groups in total. The summed E-state index contributed by atoms with van der Waals surface area (Å²) in [5.74, 6) is 0.335. The van der Waals surface area contributed by atoms with Gasteiger partial charge in [-0.15, -0.1) is 0 Å². The number of aryl methyl sites for hydroxylation is 1. The van der Waals surface area contributed by atoms with Crippen molar-refractivity contribution in [1.82, 2.24) is 14.3 Å². The minimum absolute atomic E-state index is 0.0982. The summed E-state index contributed by atoms with van der Waals surface area (Å²) in [6, 6.07) is 10.5. The molecule has 1 aromatic carbocycles. The van der Waals surface area contributed by atoms with Gasteiger partial charge in [0.1, 0.15) is 17.3 Å². The van der Waals surface area contributed by atoms with Gasteiger partial charge in [0.2, 0.25) is 0 Å². The molecule has 2 aromatic heterocycles. The summed E-state index contributed by atoms with van der Waals surface area (Å²) in [6.45, 7) is 2.00. The Labute approximate surface area is 147 Å². The van der Waals surface area contributed by atoms with Gasteiger partial charge in [0.25, 0.3) is 5.56 Å². The quantitative estimate of drug-likeness (QED) is 0.714. The van der Waals surface area contributed by atoms with Gasteiger partial charge in [0, 0.05) is 29.4 Å². The van der Waals surface area contributed by atoms with Crippen molar-refractivity contribution in [2.24, 2.45) is 0 Å². The second-order valence-corrected chi connectivity index (χ2v) is 5.74. The van der Waals surface area contributed by atoms with Crippen LogP contribution >= 0.6 is 11.6 Å². The Morgan fingerprint density at radius 2 is 2.00 bits per heavy atom. The van der Waals surface area contributed by atoms with Crippen molar-refractivity contribution in [1.29, 1.82) is 5.26 Å². The molecule has 2 heterocycles. The van der Waals surface area contributed by atoms with E-state index in [4.69, 9.17) is 21.4 Å². The smallest absolute Gasteiger partial charge is 0.331 e. The molecule has 0 aliphatic rings. The standard InChI is InChI=1S/C17H13ClN4O3/c1-2-21-9-12(8-19)16(23)22(17(21)24)10-14-7-15(20-25-14)11-3-5-13(18)6-4-11/h3-7,9H,2,10H2,1H3. The SMILES string of the molecule is CCn1cc(C#N)c(=O)n(Cc2cc(-c3ccc(Cl)cc3)no2)c1=O. The highest BCUT2D eigenvalue weighted by molar-refractivity contribution is 6.30. The lowest BCUT2D eigenvalue weighted by atomic mass is 10.1. The molecule has 0 saturated carbocycles. The van der Waals surface area contributed by atoms with Crippen LogP contribution in [0.1, 0.15) is 18.2 Å². The van der Waals surface area contributed by atoms with Crippen molar-refractivity contribution in [3.05, 3.63) is 73.7 Å². The van der Waals surface area contributed by atoms with Gasteiger partial charge in [-0.3, -0.25) is 13.9 Å². The number of benzene rings is 1. The van der Waals surface area contributed by atoms with Gasteiger partial charge in [0.15, 0.2) is 5.76 Å². The highest BCUT2D eigenvalue weighted by atomic mass is 35.5. The van der Waals surface area contributed by atoms with Crippen LogP contribution in [0, 0.1) is 11.3 Å². The van der Waals surface area contributed by atoms with E-state index < -0.39 is 11.2 Å². The topological polar surface area (TPSA) is 93.8 Å². The Morgan fingerprint density at radius 3 is 2.64 bits per heavy atom. The molecule has 0 radical (unpaired) electrons. The summed E-state index contributed by atoms with van der Waals surface area (Å²) in [7, 11) is 0. The van der Waals surface area contributed by atoms with E-state index in [0.29, 0.717) is 23.0 Å². The summed E-state index contributed by atoms with van der Waals surface area (Å²) >= 11 is 5.86. The van der Waals surface area contributed by atoms with E-state index in [-0.39, 0.29) is 12.1 Å². The fourth-order valence-corrected chi connectivity index (χ4v) is 2.52. The Kier molecular flexibility index (Phi) is 4.55. The van der Waals surface area contributed by atoms with E-state index in [1.54, 1.807) is 37.3 Å². The van der Waals surface area contributed by atoms with Crippen molar-refractivity contribution in [3.8, 4) is 17.3 Å². The van der Waals surface area contributed by atoms with Gasteiger partial charge in [0.05, 0.1) is 6.54 Å². The molecule has 0 saturated heterocycles. The minimum Gasteiger partial charge on any atom is -0.359 e. The van der Waals surface area contributed by atoms with Crippen molar-refractivity contribution in [2.75, 3.05) is 0 Å². The lowest BCUT2D eigenvalue weighted by Crippen LogP contribution is -2.40. The molecule has 3 aromatic rings. The van der Waals surface area contributed by atoms with E-state index in [1.807, 2.05) is 6.07 Å². The van der Waals surface area contributed by atoms with Crippen LogP contribution in [0.5, 0.6) is 0 Å². The third kappa shape index (κ3) is 3.25. The molecule has 0 atom stereocenters. The first-order valence-corrected chi connectivity index (χ1v) is 7.87. The van der Waals surface area contributed by atoms with Gasteiger partial charge in [-0.05, 0) is 19.1 Å². The Hall–Kier alpha value is -3.11. The first-order chi connectivity index (χ1) is 12.0. The number of nitrogens with zero attached hydrogens (tertiary/aromatic N) is 4. The highest BCUT2D eigenvalue weighted by Gasteiger charge is 2.14. The largest absolute Gasteiger partial charge is 0.359 e. The molecule has 0 unspecified atom stereocenters. The van der Waals surface area contributed by atoms with Gasteiger partial charge in [-0.1, -0.05) is 28.9 Å². The summed E-state index contributed by atoms with van der Waals surface area (Å²) in [5, 5.41) is 13.6. The predicted molar refractivity (Wildman–Crippen MR) is 91.4 cm³/mol. The molecule has 3 rings (SSSR count). The van der Waals surface area contributed by atoms with E-state index in [1.165, 1.54) is 10.8 Å². The predicted octanol–water partition coefficient (Wildman–Crippen LogP) is 2.26. The van der Waals surface area contributed by atoms with Crippen LogP contribution < -0.4 is 11.2 Å². The molecule has 7 nitrogen and oxygen atoms in total. The maximum absolute atomic E-state index is 12.3. The third-order valence-corrected chi connectivity index (χ3v) is 3.96. The van der Waals surface area contributed by atoms with Gasteiger partial charge in [-0.2, -0.15) is 5.26 Å². The Morgan fingerprint density at radius 1 is 1.28 bits per heavy atom. The summed E-state index contributed by atoms with van der Waals surface area (Å²) in [4.78, 5) is 24.6. The second-order valence-electron chi connectivity index (χ2n) is 5.30. The maximum atomic E-state index is 12.3. The monoisotopic (exact) mass is 356 g/mol. The first kappa shape index (κ1) is 16.7. The minimum atomic E-state index is -0.651. The fourth-order valence-electron chi connectivity index (χ4n) is 2.40. The van der Waals surface area contributed by atoms with E-state index in [9.17, 15) is 9.59 Å². The lowest BCUT2D eigenvalue weighted by Gasteiger charge is -2.07. The fraction of sp³-hybridized carbons (Fsp3) is 0.176. The zero-order valence-electron chi connectivity index (χ0n) is 13.3. The van der Waals surface area contributed by atoms with Crippen LogP contribution in [0.25, 0.3) is 11.3 Å². The molecule has 25 heavy (non-hydrogen) atoms. The van der Waals surface area contributed by atoms with Crippen molar-refractivity contribution < 1.29 is 4.52 Å². The summed E-state index contributed by atoms with van der Waals surface area (Å²) < 4.78 is 7.50. The van der Waals surface area contributed by atoms with Crippen LogP contribution in [-0.4, -0.2) is 14.3 Å². The average molecular weight is 357 g/mol. The number of aromatic nitrogens is 3. The zero-order valence-corrected chi connectivity index (χ0v) is 14.0. The summed E-state index contributed by atoms with van der Waals surface area (Å²) in [6.07, 6.45) is 1.26. The molecule has 0 aliphatic carbocycles. The van der Waals surface area contributed by atoms with Crippen LogP contribution in [-0.2, 0) is 13.1 Å². The van der Waals surface area contributed by atoms with Crippen LogP contribution in [0.15, 0.2) is 50.6 Å². The number of rotatable bonds is 4. The molecule has 0 bridgehead atoms. The van der Waals surface area contributed by atoms with Crippen molar-refractivity contribution >= 4 is 11.6 Å². The molecule has 0 amide bonds. The Bertz CT molecular complexity index is 1070. The van der Waals surface area contributed by atoms with Crippen molar-refractivity contribution in [2.45, 2.75) is 20.0 Å². The zero-order chi connectivity index (χ0) is 18.0. The highest BCUT2D eigenvalue weighted by Crippen LogP contribution is 2.21. The summed E-state index contributed by atoms with van der Waals surface area (Å²) in [5.41, 5.74) is 0.104. The number of hydrogen-bond donors (Lipinski definition) is 0. The van der Waals surface area contributed by atoms with Crippen LogP contribution in [0.4, 0.5) is 0 Å².